The SMILES string of the molecule is COc1cccc(C(=O)OCC(=O)Nc2ccccc2C(=O)NCC(C)C)c1O. The van der Waals surface area contributed by atoms with Crippen LogP contribution in [0, 0.1) is 5.92 Å². The molecular weight excluding hydrogens is 376 g/mol. The Labute approximate surface area is 168 Å². The molecule has 0 saturated heterocycles. The molecule has 2 aromatic rings. The molecule has 8 nitrogen and oxygen atoms in total. The molecule has 29 heavy (non-hydrogen) atoms. The minimum atomic E-state index is -0.875. The lowest BCUT2D eigenvalue weighted by Crippen LogP contribution is -2.29. The molecule has 0 aliphatic carbocycles. The lowest BCUT2D eigenvalue weighted by Gasteiger charge is -2.13. The van der Waals surface area contributed by atoms with E-state index in [1.807, 2.05) is 13.8 Å². The normalized spacial score (nSPS) is 10.3. The van der Waals surface area contributed by atoms with Crippen molar-refractivity contribution in [3.05, 3.63) is 53.6 Å². The van der Waals surface area contributed by atoms with Gasteiger partial charge in [-0.15, -0.1) is 0 Å². The minimum Gasteiger partial charge on any atom is -0.504 e. The molecule has 154 valence electrons. The number of hydrogen-bond acceptors (Lipinski definition) is 6. The molecule has 0 aliphatic rings. The lowest BCUT2D eigenvalue weighted by atomic mass is 10.1. The van der Waals surface area contributed by atoms with E-state index in [2.05, 4.69) is 10.6 Å². The summed E-state index contributed by atoms with van der Waals surface area (Å²) in [5.41, 5.74) is 0.489. The van der Waals surface area contributed by atoms with E-state index >= 15 is 0 Å². The van der Waals surface area contributed by atoms with Crippen LogP contribution in [0.1, 0.15) is 34.6 Å². The maximum Gasteiger partial charge on any atom is 0.342 e. The van der Waals surface area contributed by atoms with Gasteiger partial charge in [0.1, 0.15) is 5.56 Å². The fourth-order valence-electron chi connectivity index (χ4n) is 2.43. The van der Waals surface area contributed by atoms with Crippen molar-refractivity contribution in [2.45, 2.75) is 13.8 Å². The molecule has 3 N–H and O–H groups in total. The Morgan fingerprint density at radius 3 is 2.41 bits per heavy atom. The third-order valence-electron chi connectivity index (χ3n) is 3.89. The summed E-state index contributed by atoms with van der Waals surface area (Å²) in [4.78, 5) is 36.6. The van der Waals surface area contributed by atoms with Crippen LogP contribution in [-0.4, -0.2) is 43.2 Å². The Morgan fingerprint density at radius 2 is 1.72 bits per heavy atom. The van der Waals surface area contributed by atoms with Gasteiger partial charge in [0.2, 0.25) is 0 Å². The average molecular weight is 400 g/mol. The van der Waals surface area contributed by atoms with Gasteiger partial charge in [0.05, 0.1) is 18.4 Å². The van der Waals surface area contributed by atoms with Gasteiger partial charge in [-0.2, -0.15) is 0 Å². The van der Waals surface area contributed by atoms with Crippen molar-refractivity contribution < 1.29 is 29.0 Å². The molecular formula is C21H24N2O6. The third-order valence-corrected chi connectivity index (χ3v) is 3.89. The number of benzene rings is 2. The molecule has 0 aromatic heterocycles. The molecule has 0 fully saturated rings. The number of para-hydroxylation sites is 2. The molecule has 0 aliphatic heterocycles. The molecule has 0 unspecified atom stereocenters. The number of aromatic hydroxyl groups is 1. The van der Waals surface area contributed by atoms with Crippen molar-refractivity contribution >= 4 is 23.5 Å². The van der Waals surface area contributed by atoms with Crippen LogP contribution in [0.25, 0.3) is 0 Å². The summed E-state index contributed by atoms with van der Waals surface area (Å²) in [6, 6.07) is 10.9. The van der Waals surface area contributed by atoms with E-state index in [4.69, 9.17) is 9.47 Å². The number of hydrogen-bond donors (Lipinski definition) is 3. The monoisotopic (exact) mass is 400 g/mol. The number of ether oxygens (including phenoxy) is 2. The molecule has 0 radical (unpaired) electrons. The Balaban J connectivity index is 2.00. The first-order valence-electron chi connectivity index (χ1n) is 9.03. The first kappa shape index (κ1) is 21.7. The predicted octanol–water partition coefficient (Wildman–Crippen LogP) is 2.58. The summed E-state index contributed by atoms with van der Waals surface area (Å²) >= 11 is 0. The zero-order valence-corrected chi connectivity index (χ0v) is 16.5. The van der Waals surface area contributed by atoms with Gasteiger partial charge in [-0.05, 0) is 30.2 Å². The highest BCUT2D eigenvalue weighted by Crippen LogP contribution is 2.29. The van der Waals surface area contributed by atoms with Crippen molar-refractivity contribution in [2.24, 2.45) is 5.92 Å². The minimum absolute atomic E-state index is 0.116. The number of methoxy groups -OCH3 is 1. The van der Waals surface area contributed by atoms with Crippen LogP contribution < -0.4 is 15.4 Å². The van der Waals surface area contributed by atoms with E-state index in [-0.39, 0.29) is 28.9 Å². The highest BCUT2D eigenvalue weighted by atomic mass is 16.5. The van der Waals surface area contributed by atoms with Crippen LogP contribution in [0.4, 0.5) is 5.69 Å². The number of phenols is 1. The molecule has 0 saturated carbocycles. The van der Waals surface area contributed by atoms with E-state index < -0.39 is 18.5 Å². The number of carbonyl (C=O) groups excluding carboxylic acids is 3. The number of anilines is 1. The summed E-state index contributed by atoms with van der Waals surface area (Å²) < 4.78 is 9.89. The topological polar surface area (TPSA) is 114 Å². The van der Waals surface area contributed by atoms with E-state index in [1.54, 1.807) is 24.3 Å². The van der Waals surface area contributed by atoms with Gasteiger partial charge in [-0.3, -0.25) is 9.59 Å². The van der Waals surface area contributed by atoms with Crippen LogP contribution in [-0.2, 0) is 9.53 Å². The fraction of sp³-hybridized carbons (Fsp3) is 0.286. The van der Waals surface area contributed by atoms with Crippen LogP contribution in [0.3, 0.4) is 0 Å². The Kier molecular flexibility index (Phi) is 7.59. The standard InChI is InChI=1S/C21H24N2O6/c1-13(2)11-22-20(26)14-7-4-5-9-16(14)23-18(24)12-29-21(27)15-8-6-10-17(28-3)19(15)25/h4-10,13,25H,11-12H2,1-3H3,(H,22,26)(H,23,24). The lowest BCUT2D eigenvalue weighted by molar-refractivity contribution is -0.119. The first-order valence-corrected chi connectivity index (χ1v) is 9.03. The summed E-state index contributed by atoms with van der Waals surface area (Å²) in [7, 11) is 1.35. The maximum absolute atomic E-state index is 12.3. The Bertz CT molecular complexity index is 894. The van der Waals surface area contributed by atoms with Crippen LogP contribution in [0.15, 0.2) is 42.5 Å². The molecule has 0 atom stereocenters. The summed E-state index contributed by atoms with van der Waals surface area (Å²) in [5, 5.41) is 15.3. The second kappa shape index (κ2) is 10.1. The van der Waals surface area contributed by atoms with Gasteiger partial charge in [-0.25, -0.2) is 4.79 Å². The van der Waals surface area contributed by atoms with Crippen LogP contribution >= 0.6 is 0 Å². The van der Waals surface area contributed by atoms with E-state index in [0.29, 0.717) is 17.8 Å². The third kappa shape index (κ3) is 5.97. The van der Waals surface area contributed by atoms with Crippen LogP contribution in [0.5, 0.6) is 11.5 Å². The number of amides is 2. The van der Waals surface area contributed by atoms with Gasteiger partial charge in [0.15, 0.2) is 18.1 Å². The van der Waals surface area contributed by atoms with E-state index in [0.717, 1.165) is 0 Å². The molecule has 2 amide bonds. The van der Waals surface area contributed by atoms with Crippen molar-refractivity contribution in [3.63, 3.8) is 0 Å². The molecule has 0 bridgehead atoms. The summed E-state index contributed by atoms with van der Waals surface area (Å²) in [6.07, 6.45) is 0. The summed E-state index contributed by atoms with van der Waals surface area (Å²) in [5.74, 6) is -1.77. The second-order valence-electron chi connectivity index (χ2n) is 6.63. The smallest absolute Gasteiger partial charge is 0.342 e. The quantitative estimate of drug-likeness (QED) is 0.587. The number of carbonyl (C=O) groups is 3. The Hall–Kier alpha value is -3.55. The molecule has 8 heteroatoms. The highest BCUT2D eigenvalue weighted by molar-refractivity contribution is 6.04. The van der Waals surface area contributed by atoms with Gasteiger partial charge in [0.25, 0.3) is 11.8 Å². The molecule has 0 heterocycles. The van der Waals surface area contributed by atoms with Crippen molar-refractivity contribution in [1.82, 2.24) is 5.32 Å². The summed E-state index contributed by atoms with van der Waals surface area (Å²) in [6.45, 7) is 3.87. The second-order valence-corrected chi connectivity index (χ2v) is 6.63. The molecule has 2 rings (SSSR count). The number of esters is 1. The molecule has 2 aromatic carbocycles. The maximum atomic E-state index is 12.3. The number of rotatable bonds is 8. The average Bonchev–Trinajstić information content (AvgIpc) is 2.70. The largest absolute Gasteiger partial charge is 0.504 e. The van der Waals surface area contributed by atoms with E-state index in [1.165, 1.54) is 25.3 Å². The molecule has 0 spiro atoms. The highest BCUT2D eigenvalue weighted by Gasteiger charge is 2.18. The fourth-order valence-corrected chi connectivity index (χ4v) is 2.43. The number of phenolic OH excluding ortho intramolecular Hbond substituents is 1. The van der Waals surface area contributed by atoms with Gasteiger partial charge in [0, 0.05) is 6.54 Å². The van der Waals surface area contributed by atoms with E-state index in [9.17, 15) is 19.5 Å². The zero-order chi connectivity index (χ0) is 21.4. The van der Waals surface area contributed by atoms with Gasteiger partial charge >= 0.3 is 5.97 Å². The Morgan fingerprint density at radius 1 is 1.03 bits per heavy atom. The van der Waals surface area contributed by atoms with Gasteiger partial charge in [-0.1, -0.05) is 32.0 Å². The zero-order valence-electron chi connectivity index (χ0n) is 16.5. The van der Waals surface area contributed by atoms with Gasteiger partial charge < -0.3 is 25.2 Å². The van der Waals surface area contributed by atoms with Crippen molar-refractivity contribution in [2.75, 3.05) is 25.6 Å². The van der Waals surface area contributed by atoms with Crippen LogP contribution in [0.2, 0.25) is 0 Å². The number of nitrogens with one attached hydrogen (secondary N) is 2. The van der Waals surface area contributed by atoms with Crippen molar-refractivity contribution in [1.29, 1.82) is 0 Å². The van der Waals surface area contributed by atoms with Crippen molar-refractivity contribution in [3.8, 4) is 11.5 Å². The first-order chi connectivity index (χ1) is 13.8. The predicted molar refractivity (Wildman–Crippen MR) is 107 cm³/mol.